The van der Waals surface area contributed by atoms with E-state index in [0.29, 0.717) is 19.4 Å². The number of ketones is 2. The molecule has 278 valence electrons. The molecule has 0 bridgehead atoms. The van der Waals surface area contributed by atoms with Crippen LogP contribution in [-0.4, -0.2) is 122 Å². The summed E-state index contributed by atoms with van der Waals surface area (Å²) in [5.41, 5.74) is 1.69. The molecular formula is C36H66N4O8. The van der Waals surface area contributed by atoms with Crippen molar-refractivity contribution < 1.29 is 38.7 Å². The molecule has 0 unspecified atom stereocenters. The average molecular weight is 683 g/mol. The molecule has 8 atom stereocenters. The Labute approximate surface area is 289 Å². The zero-order valence-electron chi connectivity index (χ0n) is 31.8. The summed E-state index contributed by atoms with van der Waals surface area (Å²) >= 11 is 0. The maximum atomic E-state index is 14.0. The lowest BCUT2D eigenvalue weighted by molar-refractivity contribution is -0.149. The lowest BCUT2D eigenvalue weighted by atomic mass is 9.84. The second kappa shape index (κ2) is 21.0. The number of nitrogens with one attached hydrogen (secondary N) is 1. The molecule has 1 aliphatic heterocycles. The maximum absolute atomic E-state index is 14.0. The highest BCUT2D eigenvalue weighted by molar-refractivity contribution is 5.89. The summed E-state index contributed by atoms with van der Waals surface area (Å²) in [5, 5.41) is 9.23. The van der Waals surface area contributed by atoms with Crippen LogP contribution in [0.15, 0.2) is 0 Å². The van der Waals surface area contributed by atoms with Crippen LogP contribution in [0.3, 0.4) is 0 Å². The van der Waals surface area contributed by atoms with Gasteiger partial charge >= 0.3 is 0 Å². The van der Waals surface area contributed by atoms with Crippen LogP contribution in [0.4, 0.5) is 0 Å². The molecule has 1 fully saturated rings. The third-order valence-corrected chi connectivity index (χ3v) is 10.1. The molecule has 3 amide bonds. The highest BCUT2D eigenvalue weighted by Gasteiger charge is 2.43. The highest BCUT2D eigenvalue weighted by atomic mass is 16.5. The Morgan fingerprint density at radius 1 is 0.938 bits per heavy atom. The van der Waals surface area contributed by atoms with E-state index >= 15 is 0 Å². The highest BCUT2D eigenvalue weighted by Crippen LogP contribution is 2.31. The zero-order chi connectivity index (χ0) is 36.9. The maximum Gasteiger partial charge on any atom is 0.246 e. The minimum absolute atomic E-state index is 0.00611. The van der Waals surface area contributed by atoms with Gasteiger partial charge in [0, 0.05) is 58.4 Å². The van der Waals surface area contributed by atoms with Crippen LogP contribution in [0.25, 0.3) is 0 Å². The van der Waals surface area contributed by atoms with Crippen molar-refractivity contribution in [1.82, 2.24) is 20.2 Å². The van der Waals surface area contributed by atoms with Crippen LogP contribution in [-0.2, 0) is 33.4 Å². The van der Waals surface area contributed by atoms with Crippen molar-refractivity contribution in [3.05, 3.63) is 0 Å². The van der Waals surface area contributed by atoms with Crippen molar-refractivity contribution in [2.45, 2.75) is 118 Å². The fraction of sp³-hybridized carbons (Fsp3) is 0.861. The molecule has 0 aromatic heterocycles. The third-order valence-electron chi connectivity index (χ3n) is 10.1. The molecule has 48 heavy (non-hydrogen) atoms. The Kier molecular flexibility index (Phi) is 19.0. The van der Waals surface area contributed by atoms with Gasteiger partial charge in [-0.05, 0) is 51.1 Å². The summed E-state index contributed by atoms with van der Waals surface area (Å²) < 4.78 is 11.8. The quantitative estimate of drug-likeness (QED) is 0.129. The van der Waals surface area contributed by atoms with Gasteiger partial charge in [-0.15, -0.1) is 0 Å². The fourth-order valence-corrected chi connectivity index (χ4v) is 7.24. The zero-order valence-corrected chi connectivity index (χ0v) is 31.8. The number of hydrogen-bond donors (Lipinski definition) is 2. The van der Waals surface area contributed by atoms with Crippen LogP contribution in [0.2, 0.25) is 0 Å². The molecule has 0 aromatic rings. The number of nitrogens with zero attached hydrogens (tertiary/aromatic N) is 3. The van der Waals surface area contributed by atoms with Crippen molar-refractivity contribution in [3.63, 3.8) is 0 Å². The van der Waals surface area contributed by atoms with Crippen molar-refractivity contribution in [2.75, 3.05) is 48.5 Å². The topological polar surface area (TPSA) is 146 Å². The third kappa shape index (κ3) is 12.5. The molecule has 1 aliphatic rings. The first-order valence-corrected chi connectivity index (χ1v) is 17.7. The average Bonchev–Trinajstić information content (AvgIpc) is 3.51. The summed E-state index contributed by atoms with van der Waals surface area (Å²) in [4.78, 5) is 71.7. The molecule has 2 N–H and O–H groups in total. The smallest absolute Gasteiger partial charge is 0.246 e. The number of carbonyl (C=O) groups is 5. The van der Waals surface area contributed by atoms with Crippen LogP contribution < -0.4 is 5.48 Å². The standard InChI is InChI=1S/C36H66N4O8/c1-13-24(6)33(39(10)36(45)28(23(4)5)19-27(41)21-38(8)9)31(47-11)20-32(43)40-16-14-15-29(40)34(48-12)25(7)30(42)18-26(17-22(2)3)35(44)37-46/h22-26,28-29,31,33-34,46H,13-21H2,1-12H3,(H,37,44)/t24-,25-,26+,28-,29-,31+,33-,34+/m0/s1. The van der Waals surface area contributed by atoms with E-state index in [0.717, 1.165) is 12.8 Å². The number of rotatable bonds is 22. The summed E-state index contributed by atoms with van der Waals surface area (Å²) in [6, 6.07) is -0.749. The molecule has 12 heteroatoms. The predicted octanol–water partition coefficient (Wildman–Crippen LogP) is 3.83. The molecule has 0 aliphatic carbocycles. The van der Waals surface area contributed by atoms with Gasteiger partial charge in [-0.2, -0.15) is 0 Å². The van der Waals surface area contributed by atoms with Gasteiger partial charge in [0.25, 0.3) is 0 Å². The van der Waals surface area contributed by atoms with Crippen molar-refractivity contribution >= 4 is 29.3 Å². The monoisotopic (exact) mass is 682 g/mol. The lowest BCUT2D eigenvalue weighted by Crippen LogP contribution is -2.54. The van der Waals surface area contributed by atoms with Gasteiger partial charge in [-0.1, -0.05) is 54.9 Å². The summed E-state index contributed by atoms with van der Waals surface area (Å²) in [5.74, 6) is -2.64. The summed E-state index contributed by atoms with van der Waals surface area (Å²) in [6.07, 6.45) is 1.60. The van der Waals surface area contributed by atoms with Gasteiger partial charge in [0.05, 0.1) is 37.3 Å². The number of methoxy groups -OCH3 is 2. The second-order valence-electron chi connectivity index (χ2n) is 14.9. The summed E-state index contributed by atoms with van der Waals surface area (Å²) in [7, 11) is 8.50. The number of ether oxygens (including phenoxy) is 2. The van der Waals surface area contributed by atoms with Gasteiger partial charge in [0.1, 0.15) is 11.6 Å². The first-order chi connectivity index (χ1) is 22.4. The number of Topliss-reactive ketones (excluding diaryl/α,β-unsaturated/α-hetero) is 2. The Balaban J connectivity index is 3.23. The van der Waals surface area contributed by atoms with Crippen LogP contribution >= 0.6 is 0 Å². The van der Waals surface area contributed by atoms with Crippen LogP contribution in [0.5, 0.6) is 0 Å². The molecular weight excluding hydrogens is 616 g/mol. The molecule has 0 spiro atoms. The number of amides is 3. The van der Waals surface area contributed by atoms with Gasteiger partial charge < -0.3 is 24.2 Å². The SMILES string of the molecule is CC[C@H](C)[C@@H]([C@@H](CC(=O)N1CCC[C@H]1[C@H](OC)[C@@H](C)C(=O)C[C@@H](CC(C)C)C(=O)NO)OC)N(C)C(=O)[C@@H](CC(=O)CN(C)C)C(C)C. The largest absolute Gasteiger partial charge is 0.379 e. The molecule has 1 heterocycles. The number of carbonyl (C=O) groups excluding carboxylic acids is 5. The predicted molar refractivity (Wildman–Crippen MR) is 185 cm³/mol. The van der Waals surface area contributed by atoms with E-state index in [4.69, 9.17) is 9.47 Å². The van der Waals surface area contributed by atoms with Crippen molar-refractivity contribution in [3.8, 4) is 0 Å². The fourth-order valence-electron chi connectivity index (χ4n) is 7.24. The Hall–Kier alpha value is -2.41. The van der Waals surface area contributed by atoms with E-state index < -0.39 is 41.9 Å². The Bertz CT molecular complexity index is 1050. The lowest BCUT2D eigenvalue weighted by Gasteiger charge is -2.40. The van der Waals surface area contributed by atoms with Gasteiger partial charge in [-0.25, -0.2) is 5.48 Å². The summed E-state index contributed by atoms with van der Waals surface area (Å²) in [6.45, 7) is 14.4. The number of hydrogen-bond acceptors (Lipinski definition) is 9. The second-order valence-corrected chi connectivity index (χ2v) is 14.9. The van der Waals surface area contributed by atoms with Crippen LogP contribution in [0.1, 0.15) is 93.4 Å². The van der Waals surface area contributed by atoms with E-state index in [1.807, 2.05) is 55.6 Å². The molecule has 0 saturated carbocycles. The van der Waals surface area contributed by atoms with Crippen LogP contribution in [0, 0.1) is 35.5 Å². The van der Waals surface area contributed by atoms with Gasteiger partial charge in [0.2, 0.25) is 17.7 Å². The van der Waals surface area contributed by atoms with E-state index in [1.165, 1.54) is 7.11 Å². The number of hydroxylamine groups is 1. The van der Waals surface area contributed by atoms with Gasteiger partial charge in [-0.3, -0.25) is 29.2 Å². The first kappa shape index (κ1) is 43.6. The van der Waals surface area contributed by atoms with E-state index in [1.54, 1.807) is 41.3 Å². The molecule has 1 saturated heterocycles. The first-order valence-electron chi connectivity index (χ1n) is 17.7. The van der Waals surface area contributed by atoms with Gasteiger partial charge in [0.15, 0.2) is 0 Å². The molecule has 0 aromatic carbocycles. The number of likely N-dealkylation sites (tertiary alicyclic amines) is 1. The Morgan fingerprint density at radius 2 is 1.56 bits per heavy atom. The van der Waals surface area contributed by atoms with Crippen molar-refractivity contribution in [2.24, 2.45) is 35.5 Å². The molecule has 1 rings (SSSR count). The minimum atomic E-state index is -0.662. The van der Waals surface area contributed by atoms with E-state index in [2.05, 4.69) is 0 Å². The Morgan fingerprint density at radius 3 is 2.04 bits per heavy atom. The van der Waals surface area contributed by atoms with Crippen molar-refractivity contribution in [1.29, 1.82) is 0 Å². The number of likely N-dealkylation sites (N-methyl/N-ethyl adjacent to an activating group) is 2. The van der Waals surface area contributed by atoms with E-state index in [-0.39, 0.29) is 73.0 Å². The van der Waals surface area contributed by atoms with E-state index in [9.17, 15) is 29.2 Å². The molecule has 12 nitrogen and oxygen atoms in total. The minimum Gasteiger partial charge on any atom is -0.379 e. The molecule has 0 radical (unpaired) electrons. The normalized spacial score (nSPS) is 19.5.